The van der Waals surface area contributed by atoms with E-state index in [1.54, 1.807) is 30.3 Å². The summed E-state index contributed by atoms with van der Waals surface area (Å²) in [5.41, 5.74) is 0.492. The van der Waals surface area contributed by atoms with Crippen LogP contribution in [0.2, 0.25) is 0 Å². The topological polar surface area (TPSA) is 66.5 Å². The Morgan fingerprint density at radius 3 is 2.27 bits per heavy atom. The van der Waals surface area contributed by atoms with Gasteiger partial charge in [0.15, 0.2) is 0 Å². The summed E-state index contributed by atoms with van der Waals surface area (Å²) < 4.78 is 26.0. The molecule has 0 saturated carbocycles. The molecule has 15 heavy (non-hydrogen) atoms. The van der Waals surface area contributed by atoms with Crippen molar-refractivity contribution < 1.29 is 13.2 Å². The maximum absolute atomic E-state index is 11.5. The lowest BCUT2D eigenvalue weighted by Crippen LogP contribution is -2.40. The number of anilines is 1. The van der Waals surface area contributed by atoms with Crippen molar-refractivity contribution in [2.45, 2.75) is 6.92 Å². The molecule has 0 bridgehead atoms. The number of nitrogens with one attached hydrogen (secondary N) is 1. The molecular formula is C9H12N2O3S. The second kappa shape index (κ2) is 4.31. The van der Waals surface area contributed by atoms with Crippen LogP contribution >= 0.6 is 0 Å². The summed E-state index contributed by atoms with van der Waals surface area (Å²) in [4.78, 5) is 10.7. The van der Waals surface area contributed by atoms with E-state index in [0.29, 0.717) is 5.69 Å². The molecule has 0 aliphatic rings. The smallest absolute Gasteiger partial charge is 0.274 e. The third-order valence-corrected chi connectivity index (χ3v) is 3.23. The van der Waals surface area contributed by atoms with Crippen LogP contribution in [0.15, 0.2) is 30.3 Å². The molecule has 1 amide bonds. The van der Waals surface area contributed by atoms with Crippen molar-refractivity contribution in [2.75, 3.05) is 11.4 Å². The van der Waals surface area contributed by atoms with Gasteiger partial charge in [-0.1, -0.05) is 18.2 Å². The van der Waals surface area contributed by atoms with Gasteiger partial charge in [0.05, 0.1) is 5.69 Å². The monoisotopic (exact) mass is 228 g/mol. The zero-order valence-electron chi connectivity index (χ0n) is 8.47. The second-order valence-corrected chi connectivity index (χ2v) is 4.67. The average molecular weight is 228 g/mol. The van der Waals surface area contributed by atoms with Crippen LogP contribution in [0, 0.1) is 0 Å². The van der Waals surface area contributed by atoms with Gasteiger partial charge in [-0.05, 0) is 12.1 Å². The van der Waals surface area contributed by atoms with Gasteiger partial charge in [0, 0.05) is 14.0 Å². The first-order valence-corrected chi connectivity index (χ1v) is 5.70. The number of carbonyl (C=O) groups is 1. The van der Waals surface area contributed by atoms with E-state index < -0.39 is 16.1 Å². The lowest BCUT2D eigenvalue weighted by atomic mass is 10.3. The van der Waals surface area contributed by atoms with Crippen LogP contribution in [0.25, 0.3) is 0 Å². The normalized spacial score (nSPS) is 10.8. The molecule has 5 nitrogen and oxygen atoms in total. The van der Waals surface area contributed by atoms with Gasteiger partial charge in [-0.25, -0.2) is 4.72 Å². The minimum Gasteiger partial charge on any atom is -0.274 e. The number of hydrogen-bond acceptors (Lipinski definition) is 3. The number of amides is 1. The highest BCUT2D eigenvalue weighted by molar-refractivity contribution is 7.91. The highest BCUT2D eigenvalue weighted by Crippen LogP contribution is 2.13. The van der Waals surface area contributed by atoms with E-state index in [2.05, 4.69) is 0 Å². The molecule has 0 aliphatic heterocycles. The molecule has 82 valence electrons. The molecule has 0 aliphatic carbocycles. The Morgan fingerprint density at radius 1 is 1.27 bits per heavy atom. The van der Waals surface area contributed by atoms with Crippen LogP contribution in [-0.2, 0) is 15.0 Å². The number of para-hydroxylation sites is 1. The van der Waals surface area contributed by atoms with Crippen molar-refractivity contribution in [2.24, 2.45) is 0 Å². The number of hydrogen-bond donors (Lipinski definition) is 1. The summed E-state index contributed by atoms with van der Waals surface area (Å²) in [5.74, 6) is -0.613. The van der Waals surface area contributed by atoms with Crippen molar-refractivity contribution in [1.29, 1.82) is 0 Å². The molecule has 0 saturated heterocycles. The fourth-order valence-electron chi connectivity index (χ4n) is 1.03. The second-order valence-electron chi connectivity index (χ2n) is 2.97. The Hall–Kier alpha value is -1.56. The van der Waals surface area contributed by atoms with E-state index in [1.165, 1.54) is 7.05 Å². The number of benzene rings is 1. The quantitative estimate of drug-likeness (QED) is 0.819. The predicted octanol–water partition coefficient (Wildman–Crippen LogP) is 0.504. The van der Waals surface area contributed by atoms with Gasteiger partial charge in [0.25, 0.3) is 0 Å². The molecule has 0 unspecified atom stereocenters. The molecule has 0 atom stereocenters. The Morgan fingerprint density at radius 2 is 1.80 bits per heavy atom. The van der Waals surface area contributed by atoms with E-state index >= 15 is 0 Å². The fraction of sp³-hybridized carbons (Fsp3) is 0.222. The largest absolute Gasteiger partial charge is 0.325 e. The minimum atomic E-state index is -3.78. The zero-order valence-corrected chi connectivity index (χ0v) is 9.28. The van der Waals surface area contributed by atoms with Gasteiger partial charge >= 0.3 is 10.2 Å². The molecule has 6 heteroatoms. The fourth-order valence-corrected chi connectivity index (χ4v) is 1.93. The molecule has 0 heterocycles. The van der Waals surface area contributed by atoms with Gasteiger partial charge < -0.3 is 0 Å². The van der Waals surface area contributed by atoms with Crippen molar-refractivity contribution in [3.05, 3.63) is 30.3 Å². The summed E-state index contributed by atoms with van der Waals surface area (Å²) in [5, 5.41) is 0. The summed E-state index contributed by atoms with van der Waals surface area (Å²) in [6, 6.07) is 8.49. The lowest BCUT2D eigenvalue weighted by Gasteiger charge is -2.18. The van der Waals surface area contributed by atoms with E-state index in [0.717, 1.165) is 11.2 Å². The summed E-state index contributed by atoms with van der Waals surface area (Å²) in [7, 11) is -2.40. The Bertz CT molecular complexity index is 442. The molecule has 1 aromatic rings. The van der Waals surface area contributed by atoms with E-state index in [1.807, 2.05) is 4.72 Å². The van der Waals surface area contributed by atoms with Gasteiger partial charge in [0.2, 0.25) is 5.91 Å². The maximum atomic E-state index is 11.5. The van der Waals surface area contributed by atoms with E-state index in [4.69, 9.17) is 0 Å². The van der Waals surface area contributed by atoms with Crippen LogP contribution in [0.5, 0.6) is 0 Å². The Kier molecular flexibility index (Phi) is 3.31. The van der Waals surface area contributed by atoms with Crippen LogP contribution in [-0.4, -0.2) is 21.4 Å². The van der Waals surface area contributed by atoms with E-state index in [9.17, 15) is 13.2 Å². The molecule has 1 N–H and O–H groups in total. The van der Waals surface area contributed by atoms with Crippen LogP contribution in [0.4, 0.5) is 5.69 Å². The highest BCUT2D eigenvalue weighted by atomic mass is 32.2. The van der Waals surface area contributed by atoms with Crippen LogP contribution in [0.3, 0.4) is 0 Å². The third kappa shape index (κ3) is 2.95. The number of nitrogens with zero attached hydrogens (tertiary/aromatic N) is 1. The van der Waals surface area contributed by atoms with Gasteiger partial charge in [-0.2, -0.15) is 8.42 Å². The molecule has 1 aromatic carbocycles. The van der Waals surface area contributed by atoms with Crippen molar-refractivity contribution >= 4 is 21.8 Å². The molecule has 0 fully saturated rings. The Balaban J connectivity index is 2.95. The summed E-state index contributed by atoms with van der Waals surface area (Å²) in [6.07, 6.45) is 0. The van der Waals surface area contributed by atoms with Crippen molar-refractivity contribution in [3.8, 4) is 0 Å². The minimum absolute atomic E-state index is 0.492. The van der Waals surface area contributed by atoms with Gasteiger partial charge in [0.1, 0.15) is 0 Å². The first-order valence-electron chi connectivity index (χ1n) is 4.26. The molecule has 0 radical (unpaired) electrons. The maximum Gasteiger partial charge on any atom is 0.325 e. The predicted molar refractivity (Wildman–Crippen MR) is 57.6 cm³/mol. The number of carbonyl (C=O) groups excluding carboxylic acids is 1. The average Bonchev–Trinajstić information content (AvgIpc) is 2.16. The summed E-state index contributed by atoms with van der Waals surface area (Å²) in [6.45, 7) is 1.15. The molecular weight excluding hydrogens is 216 g/mol. The van der Waals surface area contributed by atoms with Gasteiger partial charge in [-0.3, -0.25) is 9.10 Å². The third-order valence-electron chi connectivity index (χ3n) is 1.75. The molecule has 1 rings (SSSR count). The SMILES string of the molecule is CC(=O)NS(=O)(=O)N(C)c1ccccc1. The Labute approximate surface area is 88.9 Å². The number of rotatable bonds is 3. The highest BCUT2D eigenvalue weighted by Gasteiger charge is 2.18. The van der Waals surface area contributed by atoms with Crippen molar-refractivity contribution in [1.82, 2.24) is 4.72 Å². The van der Waals surface area contributed by atoms with Gasteiger partial charge in [-0.15, -0.1) is 0 Å². The van der Waals surface area contributed by atoms with Crippen LogP contribution in [0.1, 0.15) is 6.92 Å². The first kappa shape index (κ1) is 11.5. The zero-order chi connectivity index (χ0) is 11.5. The first-order chi connectivity index (χ1) is 6.93. The van der Waals surface area contributed by atoms with E-state index in [-0.39, 0.29) is 0 Å². The lowest BCUT2D eigenvalue weighted by molar-refractivity contribution is -0.117. The van der Waals surface area contributed by atoms with Crippen molar-refractivity contribution in [3.63, 3.8) is 0 Å². The van der Waals surface area contributed by atoms with Crippen LogP contribution < -0.4 is 9.03 Å². The molecule has 0 spiro atoms. The summed E-state index contributed by atoms with van der Waals surface area (Å²) >= 11 is 0. The molecule has 0 aromatic heterocycles. The standard InChI is InChI=1S/C9H12N2O3S/c1-8(12)10-15(13,14)11(2)9-6-4-3-5-7-9/h3-7H,1-2H3,(H,10,12).